The van der Waals surface area contributed by atoms with Crippen LogP contribution in [-0.2, 0) is 27.2 Å². The Morgan fingerprint density at radius 2 is 1.38 bits per heavy atom. The molecular weight excluding hydrogens is 705 g/mol. The molecule has 2 amide bonds. The number of rotatable bonds is 10. The predicted molar refractivity (Wildman–Crippen MR) is 216 cm³/mol. The molecule has 12 heteroatoms. The van der Waals surface area contributed by atoms with E-state index in [4.69, 9.17) is 25.5 Å². The number of piperidine rings is 2. The molecule has 3 aliphatic heterocycles. The maximum Gasteiger partial charge on any atom is 0.566 e. The standard InChI is InChI=1S/C44H48BN5O6/c1-44(28-54-36-11-4-10-35(24-36)41(51)49-18-14-31(15-19-49)33-8-2-6-29(22-33)26-46)43(53)55-45(56-44)38-12-5-13-39-37(38)25-40(48-39)42(52)50-20-16-32(17-21-50)34-9-3-7-30(23-34)27-47/h2-13,22-25,31-32,48H,14-21,26-28,46-47H2,1H3/t44-/m0/s1. The molecule has 4 aromatic carbocycles. The van der Waals surface area contributed by atoms with Crippen LogP contribution in [0, 0.1) is 0 Å². The number of benzene rings is 4. The molecule has 8 rings (SSSR count). The molecular formula is C44H48BN5O6. The number of fused-ring (bicyclic) bond motifs is 1. The van der Waals surface area contributed by atoms with Crippen molar-refractivity contribution in [2.75, 3.05) is 32.8 Å². The van der Waals surface area contributed by atoms with E-state index in [1.165, 1.54) is 11.1 Å². The molecule has 4 heterocycles. The highest BCUT2D eigenvalue weighted by molar-refractivity contribution is 6.67. The second-order valence-electron chi connectivity index (χ2n) is 15.4. The van der Waals surface area contributed by atoms with Crippen LogP contribution in [0.5, 0.6) is 5.75 Å². The summed E-state index contributed by atoms with van der Waals surface area (Å²) in [6, 6.07) is 31.2. The Balaban J connectivity index is 0.881. The highest BCUT2D eigenvalue weighted by atomic mass is 16.7. The predicted octanol–water partition coefficient (Wildman–Crippen LogP) is 5.23. The van der Waals surface area contributed by atoms with Gasteiger partial charge in [0.2, 0.25) is 0 Å². The molecule has 11 nitrogen and oxygen atoms in total. The molecule has 5 N–H and O–H groups in total. The summed E-state index contributed by atoms with van der Waals surface area (Å²) in [7, 11) is -0.993. The van der Waals surface area contributed by atoms with Crippen LogP contribution in [0.15, 0.2) is 97.1 Å². The number of hydrogen-bond acceptors (Lipinski definition) is 8. The van der Waals surface area contributed by atoms with E-state index < -0.39 is 18.7 Å². The van der Waals surface area contributed by atoms with Gasteiger partial charge in [-0.05, 0) is 97.0 Å². The van der Waals surface area contributed by atoms with E-state index in [-0.39, 0.29) is 18.4 Å². The summed E-state index contributed by atoms with van der Waals surface area (Å²) in [5.41, 5.74) is 17.5. The highest BCUT2D eigenvalue weighted by Gasteiger charge is 2.51. The molecule has 0 bridgehead atoms. The van der Waals surface area contributed by atoms with Crippen LogP contribution in [0.1, 0.15) is 87.5 Å². The number of hydrogen-bond donors (Lipinski definition) is 3. The molecule has 3 aliphatic rings. The lowest BCUT2D eigenvalue weighted by molar-refractivity contribution is -0.143. The molecule has 3 fully saturated rings. The smallest absolute Gasteiger partial charge is 0.504 e. The van der Waals surface area contributed by atoms with Gasteiger partial charge in [0.15, 0.2) is 5.60 Å². The molecule has 0 unspecified atom stereocenters. The quantitative estimate of drug-likeness (QED) is 0.164. The van der Waals surface area contributed by atoms with Crippen LogP contribution in [0.2, 0.25) is 0 Å². The largest absolute Gasteiger partial charge is 0.566 e. The van der Waals surface area contributed by atoms with Crippen LogP contribution in [0.4, 0.5) is 0 Å². The average molecular weight is 754 g/mol. The summed E-state index contributed by atoms with van der Waals surface area (Å²) in [5.74, 6) is 0.557. The Kier molecular flexibility index (Phi) is 10.7. The number of aromatic amines is 1. The Labute approximate surface area is 327 Å². The third-order valence-corrected chi connectivity index (χ3v) is 11.7. The first-order valence-electron chi connectivity index (χ1n) is 19.6. The minimum atomic E-state index is -1.40. The third-order valence-electron chi connectivity index (χ3n) is 11.7. The van der Waals surface area contributed by atoms with Crippen LogP contribution < -0.4 is 21.7 Å². The van der Waals surface area contributed by atoms with E-state index in [0.717, 1.165) is 47.7 Å². The maximum atomic E-state index is 13.7. The fraction of sp³-hybridized carbons (Fsp3) is 0.341. The molecule has 0 spiro atoms. The van der Waals surface area contributed by atoms with Crippen molar-refractivity contribution in [1.82, 2.24) is 14.8 Å². The summed E-state index contributed by atoms with van der Waals surface area (Å²) >= 11 is 0. The highest BCUT2D eigenvalue weighted by Crippen LogP contribution is 2.32. The average Bonchev–Trinajstić information content (AvgIpc) is 3.83. The Bertz CT molecular complexity index is 2240. The minimum Gasteiger partial charge on any atom is -0.504 e. The first-order chi connectivity index (χ1) is 27.2. The molecule has 1 aromatic heterocycles. The number of amides is 2. The van der Waals surface area contributed by atoms with E-state index in [1.807, 2.05) is 46.2 Å². The minimum absolute atomic E-state index is 0.0528. The van der Waals surface area contributed by atoms with Crippen molar-refractivity contribution in [3.05, 3.63) is 131 Å². The normalized spacial score (nSPS) is 19.4. The lowest BCUT2D eigenvalue weighted by Crippen LogP contribution is -2.41. The van der Waals surface area contributed by atoms with Gasteiger partial charge in [0.05, 0.1) is 0 Å². The van der Waals surface area contributed by atoms with Gasteiger partial charge in [-0.25, -0.2) is 0 Å². The van der Waals surface area contributed by atoms with Crippen molar-refractivity contribution < 1.29 is 28.4 Å². The Morgan fingerprint density at radius 3 is 2.00 bits per heavy atom. The van der Waals surface area contributed by atoms with Gasteiger partial charge >= 0.3 is 13.1 Å². The second-order valence-corrected chi connectivity index (χ2v) is 15.4. The van der Waals surface area contributed by atoms with Gasteiger partial charge in [-0.15, -0.1) is 0 Å². The van der Waals surface area contributed by atoms with Crippen LogP contribution in [0.3, 0.4) is 0 Å². The van der Waals surface area contributed by atoms with E-state index in [9.17, 15) is 14.4 Å². The number of carbonyl (C=O) groups excluding carboxylic acids is 3. The van der Waals surface area contributed by atoms with Crippen molar-refractivity contribution in [3.63, 3.8) is 0 Å². The summed E-state index contributed by atoms with van der Waals surface area (Å²) in [6.45, 7) is 5.17. The molecule has 1 atom stereocenters. The molecule has 56 heavy (non-hydrogen) atoms. The maximum absolute atomic E-state index is 13.7. The van der Waals surface area contributed by atoms with Gasteiger partial charge < -0.3 is 40.3 Å². The molecule has 0 saturated carbocycles. The number of likely N-dealkylation sites (tertiary alicyclic amines) is 2. The van der Waals surface area contributed by atoms with E-state index in [0.29, 0.717) is 73.6 Å². The first-order valence-corrected chi connectivity index (χ1v) is 19.6. The van der Waals surface area contributed by atoms with Gasteiger partial charge in [-0.3, -0.25) is 14.4 Å². The Morgan fingerprint density at radius 1 is 0.786 bits per heavy atom. The van der Waals surface area contributed by atoms with Gasteiger partial charge in [0.1, 0.15) is 18.1 Å². The number of ether oxygens (including phenoxy) is 1. The fourth-order valence-electron chi connectivity index (χ4n) is 8.32. The number of H-pyrrole nitrogens is 1. The lowest BCUT2D eigenvalue weighted by atomic mass is 9.77. The number of carbonyl (C=O) groups is 3. The third kappa shape index (κ3) is 7.69. The van der Waals surface area contributed by atoms with Crippen LogP contribution in [-0.4, -0.2) is 78.1 Å². The summed E-state index contributed by atoms with van der Waals surface area (Å²) in [4.78, 5) is 47.6. The molecule has 0 radical (unpaired) electrons. The van der Waals surface area contributed by atoms with Crippen molar-refractivity contribution >= 4 is 41.3 Å². The van der Waals surface area contributed by atoms with Crippen molar-refractivity contribution in [1.29, 1.82) is 0 Å². The van der Waals surface area contributed by atoms with Gasteiger partial charge in [-0.2, -0.15) is 0 Å². The van der Waals surface area contributed by atoms with E-state index >= 15 is 0 Å². The van der Waals surface area contributed by atoms with Crippen molar-refractivity contribution in [3.8, 4) is 5.75 Å². The van der Waals surface area contributed by atoms with Crippen molar-refractivity contribution in [2.24, 2.45) is 11.5 Å². The van der Waals surface area contributed by atoms with E-state index in [1.54, 1.807) is 31.2 Å². The van der Waals surface area contributed by atoms with E-state index in [2.05, 4.69) is 41.4 Å². The van der Waals surface area contributed by atoms with Crippen LogP contribution in [0.25, 0.3) is 10.9 Å². The SMILES string of the molecule is C[C@@]1(COc2cccc(C(=O)N3CCC(c4cccc(CN)c4)CC3)c2)OB(c2cccc3[nH]c(C(=O)N4CCC(c5cccc(CN)c5)CC4)cc23)OC1=O. The topological polar surface area (TPSA) is 153 Å². The molecule has 288 valence electrons. The van der Waals surface area contributed by atoms with Gasteiger partial charge in [-0.1, -0.05) is 66.7 Å². The monoisotopic (exact) mass is 753 g/mol. The fourth-order valence-corrected chi connectivity index (χ4v) is 8.32. The zero-order chi connectivity index (χ0) is 38.8. The number of nitrogens with one attached hydrogen (secondary N) is 1. The number of nitrogens with zero attached hydrogens (tertiary/aromatic N) is 2. The van der Waals surface area contributed by atoms with Crippen molar-refractivity contribution in [2.45, 2.75) is 63.1 Å². The van der Waals surface area contributed by atoms with Gasteiger partial charge in [0, 0.05) is 61.2 Å². The zero-order valence-corrected chi connectivity index (χ0v) is 31.7. The number of aromatic nitrogens is 1. The first kappa shape index (κ1) is 37.5. The number of nitrogens with two attached hydrogens (primary N) is 2. The van der Waals surface area contributed by atoms with Gasteiger partial charge in [0.25, 0.3) is 11.8 Å². The summed E-state index contributed by atoms with van der Waals surface area (Å²) in [5, 5.41) is 0.742. The summed E-state index contributed by atoms with van der Waals surface area (Å²) < 4.78 is 18.1. The molecule has 3 saturated heterocycles. The Hall–Kier alpha value is -5.43. The van der Waals surface area contributed by atoms with Crippen LogP contribution >= 0.6 is 0 Å². The molecule has 5 aromatic rings. The summed E-state index contributed by atoms with van der Waals surface area (Å²) in [6.07, 6.45) is 3.52. The second kappa shape index (κ2) is 16.0. The zero-order valence-electron chi connectivity index (χ0n) is 31.7. The lowest BCUT2D eigenvalue weighted by Gasteiger charge is -2.32. The molecule has 0 aliphatic carbocycles.